The minimum atomic E-state index is -4.47. The summed E-state index contributed by atoms with van der Waals surface area (Å²) in [5.41, 5.74) is 0.735. The number of hydrogen-bond donors (Lipinski definition) is 1. The fourth-order valence-electron chi connectivity index (χ4n) is 2.43. The Morgan fingerprint density at radius 2 is 2.23 bits per heavy atom. The highest BCUT2D eigenvalue weighted by atomic mass is 35.5. The molecule has 1 aromatic heterocycles. The van der Waals surface area contributed by atoms with Gasteiger partial charge in [-0.2, -0.15) is 13.2 Å². The molecule has 1 saturated heterocycles. The predicted molar refractivity (Wildman–Crippen MR) is 78.6 cm³/mol. The van der Waals surface area contributed by atoms with E-state index in [1.54, 1.807) is 24.5 Å². The molecule has 0 spiro atoms. The zero-order chi connectivity index (χ0) is 15.3. The van der Waals surface area contributed by atoms with Crippen LogP contribution in [0.4, 0.5) is 13.2 Å². The summed E-state index contributed by atoms with van der Waals surface area (Å²) in [7, 11) is 0. The lowest BCUT2D eigenvalue weighted by atomic mass is 10.1. The summed E-state index contributed by atoms with van der Waals surface area (Å²) in [6.07, 6.45) is -1.85. The summed E-state index contributed by atoms with van der Waals surface area (Å²) >= 11 is 0. The SMILES string of the molecule is Cl.O=C(CC(F)(F)F)N(Cc1cccnc1)CC1CCNC1. The van der Waals surface area contributed by atoms with E-state index in [4.69, 9.17) is 0 Å². The Morgan fingerprint density at radius 3 is 2.77 bits per heavy atom. The Balaban J connectivity index is 0.00000242. The summed E-state index contributed by atoms with van der Waals surface area (Å²) in [6, 6.07) is 3.46. The van der Waals surface area contributed by atoms with Crippen LogP contribution in [0.5, 0.6) is 0 Å². The van der Waals surface area contributed by atoms with Crippen molar-refractivity contribution in [3.63, 3.8) is 0 Å². The average molecular weight is 338 g/mol. The minimum absolute atomic E-state index is 0. The molecule has 1 aromatic rings. The van der Waals surface area contributed by atoms with Crippen LogP contribution in [0.3, 0.4) is 0 Å². The molecule has 0 aromatic carbocycles. The molecule has 2 heterocycles. The van der Waals surface area contributed by atoms with Crippen LogP contribution in [0.25, 0.3) is 0 Å². The summed E-state index contributed by atoms with van der Waals surface area (Å²) in [4.78, 5) is 17.1. The second kappa shape index (κ2) is 8.33. The largest absolute Gasteiger partial charge is 0.397 e. The van der Waals surface area contributed by atoms with E-state index in [1.807, 2.05) is 0 Å². The molecule has 2 rings (SSSR count). The third kappa shape index (κ3) is 6.19. The number of nitrogens with one attached hydrogen (secondary N) is 1. The van der Waals surface area contributed by atoms with E-state index < -0.39 is 18.5 Å². The van der Waals surface area contributed by atoms with Crippen molar-refractivity contribution < 1.29 is 18.0 Å². The van der Waals surface area contributed by atoms with Crippen LogP contribution in [-0.4, -0.2) is 41.6 Å². The second-order valence-electron chi connectivity index (χ2n) is 5.29. The Kier molecular flexibility index (Phi) is 7.09. The van der Waals surface area contributed by atoms with Gasteiger partial charge in [-0.25, -0.2) is 0 Å². The maximum absolute atomic E-state index is 12.4. The lowest BCUT2D eigenvalue weighted by molar-refractivity contribution is -0.162. The molecule has 1 atom stereocenters. The maximum Gasteiger partial charge on any atom is 0.397 e. The first-order chi connectivity index (χ1) is 9.94. The molecule has 1 unspecified atom stereocenters. The highest BCUT2D eigenvalue weighted by Crippen LogP contribution is 2.22. The quantitative estimate of drug-likeness (QED) is 0.897. The second-order valence-corrected chi connectivity index (χ2v) is 5.29. The van der Waals surface area contributed by atoms with E-state index in [0.717, 1.165) is 25.1 Å². The third-order valence-corrected chi connectivity index (χ3v) is 3.44. The Morgan fingerprint density at radius 1 is 1.45 bits per heavy atom. The molecule has 0 aliphatic carbocycles. The first kappa shape index (κ1) is 18.7. The van der Waals surface area contributed by atoms with Crippen LogP contribution in [-0.2, 0) is 11.3 Å². The Hall–Kier alpha value is -1.34. The van der Waals surface area contributed by atoms with E-state index in [0.29, 0.717) is 6.54 Å². The van der Waals surface area contributed by atoms with Gasteiger partial charge < -0.3 is 10.2 Å². The molecular weight excluding hydrogens is 319 g/mol. The smallest absolute Gasteiger partial charge is 0.338 e. The molecule has 0 radical (unpaired) electrons. The number of pyridine rings is 1. The average Bonchev–Trinajstić information content (AvgIpc) is 2.90. The van der Waals surface area contributed by atoms with Gasteiger partial charge in [0.15, 0.2) is 0 Å². The number of rotatable bonds is 5. The summed E-state index contributed by atoms with van der Waals surface area (Å²) < 4.78 is 37.3. The Labute approximate surface area is 133 Å². The summed E-state index contributed by atoms with van der Waals surface area (Å²) in [6.45, 7) is 2.09. The number of carbonyl (C=O) groups excluding carboxylic acids is 1. The molecule has 8 heteroatoms. The van der Waals surface area contributed by atoms with Crippen LogP contribution >= 0.6 is 12.4 Å². The normalized spacial score (nSPS) is 17.9. The fraction of sp³-hybridized carbons (Fsp3) is 0.571. The fourth-order valence-corrected chi connectivity index (χ4v) is 2.43. The number of amides is 1. The standard InChI is InChI=1S/C14H18F3N3O.ClH/c15-14(16,17)6-13(21)20(10-12-3-5-19-8-12)9-11-2-1-4-18-7-11;/h1-2,4,7,12,19H,3,5-6,8-10H2;1H. The van der Waals surface area contributed by atoms with Crippen LogP contribution in [0.15, 0.2) is 24.5 Å². The zero-order valence-corrected chi connectivity index (χ0v) is 12.8. The first-order valence-electron chi connectivity index (χ1n) is 6.88. The number of aromatic nitrogens is 1. The van der Waals surface area contributed by atoms with Crippen molar-refractivity contribution in [3.05, 3.63) is 30.1 Å². The van der Waals surface area contributed by atoms with Crippen molar-refractivity contribution in [3.8, 4) is 0 Å². The lowest BCUT2D eigenvalue weighted by Gasteiger charge is -2.26. The maximum atomic E-state index is 12.4. The molecule has 1 amide bonds. The van der Waals surface area contributed by atoms with Gasteiger partial charge in [0.25, 0.3) is 0 Å². The monoisotopic (exact) mass is 337 g/mol. The van der Waals surface area contributed by atoms with Gasteiger partial charge in [0.05, 0.1) is 0 Å². The molecule has 1 aliphatic heterocycles. The highest BCUT2D eigenvalue weighted by Gasteiger charge is 2.34. The van der Waals surface area contributed by atoms with Crippen LogP contribution in [0.1, 0.15) is 18.4 Å². The van der Waals surface area contributed by atoms with Gasteiger partial charge in [0.2, 0.25) is 5.91 Å². The predicted octanol–water partition coefficient (Wildman–Crippen LogP) is 2.39. The van der Waals surface area contributed by atoms with Gasteiger partial charge in [0, 0.05) is 25.5 Å². The molecule has 22 heavy (non-hydrogen) atoms. The van der Waals surface area contributed by atoms with Crippen molar-refractivity contribution in [1.82, 2.24) is 15.2 Å². The summed E-state index contributed by atoms with van der Waals surface area (Å²) in [5, 5.41) is 3.16. The Bertz CT molecular complexity index is 464. The van der Waals surface area contributed by atoms with E-state index in [9.17, 15) is 18.0 Å². The van der Waals surface area contributed by atoms with Crippen molar-refractivity contribution in [2.24, 2.45) is 5.92 Å². The van der Waals surface area contributed by atoms with Crippen LogP contribution in [0.2, 0.25) is 0 Å². The molecule has 0 bridgehead atoms. The van der Waals surface area contributed by atoms with Gasteiger partial charge in [-0.3, -0.25) is 9.78 Å². The topological polar surface area (TPSA) is 45.2 Å². The van der Waals surface area contributed by atoms with Gasteiger partial charge in [-0.05, 0) is 37.1 Å². The molecule has 124 valence electrons. The van der Waals surface area contributed by atoms with E-state index in [2.05, 4.69) is 10.3 Å². The third-order valence-electron chi connectivity index (χ3n) is 3.44. The van der Waals surface area contributed by atoms with Crippen molar-refractivity contribution in [2.45, 2.75) is 25.6 Å². The van der Waals surface area contributed by atoms with E-state index >= 15 is 0 Å². The highest BCUT2D eigenvalue weighted by molar-refractivity contribution is 5.85. The van der Waals surface area contributed by atoms with E-state index in [1.165, 1.54) is 4.90 Å². The van der Waals surface area contributed by atoms with Crippen molar-refractivity contribution in [1.29, 1.82) is 0 Å². The van der Waals surface area contributed by atoms with Gasteiger partial charge in [-0.15, -0.1) is 12.4 Å². The van der Waals surface area contributed by atoms with Crippen molar-refractivity contribution in [2.75, 3.05) is 19.6 Å². The number of halogens is 4. The summed E-state index contributed by atoms with van der Waals surface area (Å²) in [5.74, 6) is -0.669. The van der Waals surface area contributed by atoms with Crippen LogP contribution in [0, 0.1) is 5.92 Å². The van der Waals surface area contributed by atoms with E-state index in [-0.39, 0.29) is 24.9 Å². The minimum Gasteiger partial charge on any atom is -0.338 e. The van der Waals surface area contributed by atoms with Gasteiger partial charge in [0.1, 0.15) is 6.42 Å². The molecule has 1 fully saturated rings. The van der Waals surface area contributed by atoms with Crippen LogP contribution < -0.4 is 5.32 Å². The molecule has 0 saturated carbocycles. The first-order valence-corrected chi connectivity index (χ1v) is 6.88. The van der Waals surface area contributed by atoms with Gasteiger partial charge >= 0.3 is 6.18 Å². The molecule has 1 aliphatic rings. The number of hydrogen-bond acceptors (Lipinski definition) is 3. The zero-order valence-electron chi connectivity index (χ0n) is 12.0. The molecule has 1 N–H and O–H groups in total. The number of nitrogens with zero attached hydrogens (tertiary/aromatic N) is 2. The molecule has 4 nitrogen and oxygen atoms in total. The number of alkyl halides is 3. The lowest BCUT2D eigenvalue weighted by Crippen LogP contribution is -2.37. The molecular formula is C14H19ClF3N3O. The van der Waals surface area contributed by atoms with Crippen molar-refractivity contribution >= 4 is 18.3 Å². The number of carbonyl (C=O) groups is 1. The van der Waals surface area contributed by atoms with Gasteiger partial charge in [-0.1, -0.05) is 6.07 Å².